The highest BCUT2D eigenvalue weighted by atomic mass is 16.5. The Morgan fingerprint density at radius 3 is 2.42 bits per heavy atom. The number of hydrogen-bond acceptors (Lipinski definition) is 7. The predicted octanol–water partition coefficient (Wildman–Crippen LogP) is 3.28. The van der Waals surface area contributed by atoms with E-state index in [2.05, 4.69) is 15.0 Å². The van der Waals surface area contributed by atoms with Crippen molar-refractivity contribution in [2.45, 2.75) is 0 Å². The van der Waals surface area contributed by atoms with Crippen LogP contribution in [-0.4, -0.2) is 86.9 Å². The lowest BCUT2D eigenvalue weighted by Gasteiger charge is -2.34. The van der Waals surface area contributed by atoms with Gasteiger partial charge in [0.2, 0.25) is 6.33 Å². The van der Waals surface area contributed by atoms with Crippen molar-refractivity contribution in [2.24, 2.45) is 5.11 Å². The van der Waals surface area contributed by atoms with E-state index in [1.165, 1.54) is 17.4 Å². The van der Waals surface area contributed by atoms with Gasteiger partial charge >= 0.3 is 5.82 Å². The number of nitrogens with zero attached hydrogens (tertiary/aromatic N) is 6. The van der Waals surface area contributed by atoms with Gasteiger partial charge in [-0.05, 0) is 35.3 Å². The van der Waals surface area contributed by atoms with Gasteiger partial charge in [0.05, 0.1) is 12.7 Å². The molecule has 11 heteroatoms. The number of nitrogens with one attached hydrogen (secondary N) is 1. The lowest BCUT2D eigenvalue weighted by atomic mass is 10.1. The Bertz CT molecular complexity index is 1690. The van der Waals surface area contributed by atoms with Crippen molar-refractivity contribution in [1.29, 1.82) is 0 Å². The number of ether oxygens (including phenoxy) is 1. The summed E-state index contributed by atoms with van der Waals surface area (Å²) in [6.45, 7) is 1.72. The van der Waals surface area contributed by atoms with Crippen molar-refractivity contribution in [1.82, 2.24) is 24.8 Å². The van der Waals surface area contributed by atoms with Crippen LogP contribution in [-0.2, 0) is 4.79 Å². The molecule has 4 heterocycles. The summed E-state index contributed by atoms with van der Waals surface area (Å²) in [6.07, 6.45) is 4.81. The summed E-state index contributed by atoms with van der Waals surface area (Å²) in [6, 6.07) is 16.6. The van der Waals surface area contributed by atoms with Gasteiger partial charge in [-0.1, -0.05) is 35.4 Å². The van der Waals surface area contributed by atoms with Crippen LogP contribution in [0.4, 0.5) is 5.82 Å². The number of carbonyl (C=O) groups excluding carboxylic acids is 3. The number of Topliss-reactive ketones (excluding diaryl/α,β-unsaturated/α-hetero) is 1. The highest BCUT2D eigenvalue weighted by Gasteiger charge is 2.32. The fraction of sp³-hybridized carbons (Fsp3) is 0.207. The van der Waals surface area contributed by atoms with Crippen LogP contribution in [0.2, 0.25) is 0 Å². The van der Waals surface area contributed by atoms with Gasteiger partial charge in [-0.2, -0.15) is 0 Å². The molecule has 0 aliphatic carbocycles. The van der Waals surface area contributed by atoms with Crippen LogP contribution < -0.4 is 4.74 Å². The molecule has 2 aromatic heterocycles. The predicted molar refractivity (Wildman–Crippen MR) is 145 cm³/mol. The maximum atomic E-state index is 13.3. The average molecular weight is 537 g/mol. The number of methoxy groups -OCH3 is 1. The number of amides is 2. The second-order valence-corrected chi connectivity index (χ2v) is 9.37. The molecule has 4 aromatic rings. The van der Waals surface area contributed by atoms with Crippen LogP contribution >= 0.6 is 0 Å². The van der Waals surface area contributed by atoms with Crippen molar-refractivity contribution in [2.75, 3.05) is 39.8 Å². The first kappa shape index (κ1) is 25.1. The number of aromatic amines is 1. The van der Waals surface area contributed by atoms with Crippen molar-refractivity contribution >= 4 is 40.1 Å². The van der Waals surface area contributed by atoms with Crippen LogP contribution in [0, 0.1) is 0 Å². The molecule has 1 N–H and O–H groups in total. The first-order valence-electron chi connectivity index (χ1n) is 12.9. The van der Waals surface area contributed by atoms with Gasteiger partial charge < -0.3 is 19.5 Å². The highest BCUT2D eigenvalue weighted by molar-refractivity contribution is 6.44. The third kappa shape index (κ3) is 4.51. The lowest BCUT2D eigenvalue weighted by molar-refractivity contribution is -0.493. The SMILES string of the molecule is COc1ccccc1C1=CC[N+](c2ncnc3c(C(=O)C(=O)N4CCN(C(=O)c5ccccc5)CC4)c[nH]c23)=N1. The third-order valence-corrected chi connectivity index (χ3v) is 7.07. The van der Waals surface area contributed by atoms with Crippen LogP contribution in [0.15, 0.2) is 78.3 Å². The van der Waals surface area contributed by atoms with Crippen LogP contribution in [0.3, 0.4) is 0 Å². The van der Waals surface area contributed by atoms with E-state index >= 15 is 0 Å². The van der Waals surface area contributed by atoms with Crippen LogP contribution in [0.25, 0.3) is 16.7 Å². The minimum atomic E-state index is -0.662. The van der Waals surface area contributed by atoms with E-state index < -0.39 is 11.7 Å². The van der Waals surface area contributed by atoms with Crippen molar-refractivity contribution in [3.63, 3.8) is 0 Å². The van der Waals surface area contributed by atoms with Gasteiger partial charge in [-0.25, -0.2) is 4.98 Å². The standard InChI is InChI=1S/C29H25N7O4/c1-40-23-10-6-5-9-20(23)22-11-12-36(33-22)27-25-24(31-18-32-27)21(17-30-25)26(37)29(39)35-15-13-34(14-16-35)28(38)19-7-3-2-4-8-19/h2-11,17-18H,12-16H2,1H3/p+1. The molecule has 2 amide bonds. The quantitative estimate of drug-likeness (QED) is 0.229. The molecule has 0 bridgehead atoms. The van der Waals surface area contributed by atoms with Gasteiger partial charge in [0.25, 0.3) is 17.6 Å². The minimum Gasteiger partial charge on any atom is -0.496 e. The number of hydrogen-bond donors (Lipinski definition) is 1. The number of piperazine rings is 1. The summed E-state index contributed by atoms with van der Waals surface area (Å²) < 4.78 is 7.17. The summed E-state index contributed by atoms with van der Waals surface area (Å²) in [5.74, 6) is -0.172. The second kappa shape index (κ2) is 10.5. The largest absolute Gasteiger partial charge is 0.496 e. The normalized spacial score (nSPS) is 15.1. The smallest absolute Gasteiger partial charge is 0.371 e. The number of benzene rings is 2. The van der Waals surface area contributed by atoms with E-state index in [1.807, 2.05) is 48.5 Å². The van der Waals surface area contributed by atoms with Crippen LogP contribution in [0.5, 0.6) is 5.75 Å². The number of carbonyl (C=O) groups is 3. The van der Waals surface area contributed by atoms with Gasteiger partial charge in [-0.3, -0.25) is 14.4 Å². The molecule has 6 rings (SSSR count). The zero-order chi connectivity index (χ0) is 27.6. The van der Waals surface area contributed by atoms with Crippen LogP contribution in [0.1, 0.15) is 26.3 Å². The zero-order valence-electron chi connectivity index (χ0n) is 21.8. The Labute approximate surface area is 229 Å². The molecule has 0 radical (unpaired) electrons. The van der Waals surface area contributed by atoms with Gasteiger partial charge in [0, 0.05) is 43.5 Å². The molecule has 1 fully saturated rings. The fourth-order valence-corrected chi connectivity index (χ4v) is 4.97. The van der Waals surface area contributed by atoms with Gasteiger partial charge in [-0.15, -0.1) is 4.70 Å². The minimum absolute atomic E-state index is 0.0874. The molecular formula is C29H26N7O4+. The van der Waals surface area contributed by atoms with E-state index in [4.69, 9.17) is 9.85 Å². The van der Waals surface area contributed by atoms with E-state index in [-0.39, 0.29) is 24.6 Å². The first-order chi connectivity index (χ1) is 19.5. The molecule has 40 heavy (non-hydrogen) atoms. The molecule has 200 valence electrons. The fourth-order valence-electron chi connectivity index (χ4n) is 4.97. The monoisotopic (exact) mass is 536 g/mol. The van der Waals surface area contributed by atoms with Crippen molar-refractivity contribution < 1.29 is 23.8 Å². The molecule has 0 unspecified atom stereocenters. The molecule has 2 aliphatic rings. The zero-order valence-corrected chi connectivity index (χ0v) is 21.8. The molecule has 0 saturated carbocycles. The van der Waals surface area contributed by atoms with Gasteiger partial charge in [0.15, 0.2) is 5.52 Å². The van der Waals surface area contributed by atoms with Gasteiger partial charge in [0.1, 0.15) is 23.5 Å². The lowest BCUT2D eigenvalue weighted by Crippen LogP contribution is -2.52. The molecule has 0 atom stereocenters. The Morgan fingerprint density at radius 2 is 1.65 bits per heavy atom. The Hall–Kier alpha value is -5.19. The number of aromatic nitrogens is 3. The van der Waals surface area contributed by atoms with E-state index in [9.17, 15) is 14.4 Å². The molecule has 2 aliphatic heterocycles. The topological polar surface area (TPSA) is 124 Å². The number of rotatable bonds is 6. The summed E-state index contributed by atoms with van der Waals surface area (Å²) in [7, 11) is 1.61. The van der Waals surface area contributed by atoms with Crippen molar-refractivity contribution in [3.8, 4) is 5.75 Å². The number of ketones is 1. The number of azo groups is 2. The molecule has 1 saturated heterocycles. The molecule has 0 spiro atoms. The number of H-pyrrole nitrogens is 1. The maximum Gasteiger partial charge on any atom is 0.371 e. The maximum absolute atomic E-state index is 13.3. The highest BCUT2D eigenvalue weighted by Crippen LogP contribution is 2.32. The second-order valence-electron chi connectivity index (χ2n) is 9.37. The Balaban J connectivity index is 1.18. The summed E-state index contributed by atoms with van der Waals surface area (Å²) in [5, 5.41) is 4.70. The summed E-state index contributed by atoms with van der Waals surface area (Å²) in [4.78, 5) is 54.1. The average Bonchev–Trinajstić information content (AvgIpc) is 3.68. The molecule has 2 aromatic carbocycles. The van der Waals surface area contributed by atoms with E-state index in [0.717, 1.165) is 11.3 Å². The number of fused-ring (bicyclic) bond motifs is 1. The summed E-state index contributed by atoms with van der Waals surface area (Å²) >= 11 is 0. The van der Waals surface area contributed by atoms with Crippen molar-refractivity contribution in [3.05, 3.63) is 89.9 Å². The molecular weight excluding hydrogens is 510 g/mol. The first-order valence-corrected chi connectivity index (χ1v) is 12.9. The molecule has 11 nitrogen and oxygen atoms in total. The third-order valence-electron chi connectivity index (χ3n) is 7.07. The Morgan fingerprint density at radius 1 is 0.925 bits per heavy atom. The summed E-state index contributed by atoms with van der Waals surface area (Å²) in [5.41, 5.74) is 3.23. The van der Waals surface area contributed by atoms with E-state index in [1.54, 1.807) is 28.8 Å². The van der Waals surface area contributed by atoms with E-state index in [0.29, 0.717) is 47.8 Å². The Kier molecular flexibility index (Phi) is 6.61. The number of para-hydroxylation sites is 1.